The zero-order valence-electron chi connectivity index (χ0n) is 15.3. The predicted octanol–water partition coefficient (Wildman–Crippen LogP) is 4.05. The van der Waals surface area contributed by atoms with E-state index in [2.05, 4.69) is 17.0 Å². The molecule has 2 aromatic heterocycles. The van der Waals surface area contributed by atoms with Gasteiger partial charge in [0, 0.05) is 24.8 Å². The van der Waals surface area contributed by atoms with Gasteiger partial charge in [-0.1, -0.05) is 50.1 Å². The number of carbonyl (C=O) groups is 1. The number of carbonyl (C=O) groups excluding carboxylic acids is 1. The van der Waals surface area contributed by atoms with Crippen molar-refractivity contribution >= 4 is 11.6 Å². The molecule has 5 nitrogen and oxygen atoms in total. The van der Waals surface area contributed by atoms with Crippen molar-refractivity contribution in [2.24, 2.45) is 5.92 Å². The fourth-order valence-corrected chi connectivity index (χ4v) is 4.08. The van der Waals surface area contributed by atoms with Crippen LogP contribution in [0.4, 0.5) is 0 Å². The highest BCUT2D eigenvalue weighted by Gasteiger charge is 2.30. The zero-order chi connectivity index (χ0) is 18.1. The summed E-state index contributed by atoms with van der Waals surface area (Å²) in [5, 5.41) is 4.47. The second-order valence-electron chi connectivity index (χ2n) is 7.23. The normalized spacial score (nSPS) is 20.2. The highest BCUT2D eigenvalue weighted by atomic mass is 16.2. The molecule has 1 aliphatic rings. The second kappa shape index (κ2) is 6.90. The molecule has 0 spiro atoms. The van der Waals surface area contributed by atoms with Crippen LogP contribution in [-0.4, -0.2) is 38.5 Å². The van der Waals surface area contributed by atoms with E-state index < -0.39 is 0 Å². The molecule has 3 aromatic rings. The summed E-state index contributed by atoms with van der Waals surface area (Å²) in [5.74, 6) is 0.545. The third-order valence-electron chi connectivity index (χ3n) is 5.59. The van der Waals surface area contributed by atoms with E-state index in [4.69, 9.17) is 0 Å². The molecule has 0 radical (unpaired) electrons. The van der Waals surface area contributed by atoms with E-state index in [1.54, 1.807) is 16.9 Å². The van der Waals surface area contributed by atoms with Gasteiger partial charge in [0.1, 0.15) is 5.56 Å². The largest absolute Gasteiger partial charge is 0.338 e. The predicted molar refractivity (Wildman–Crippen MR) is 102 cm³/mol. The number of rotatable bonds is 3. The van der Waals surface area contributed by atoms with Crippen molar-refractivity contribution in [3.8, 4) is 11.3 Å². The minimum atomic E-state index is 0.0106. The lowest BCUT2D eigenvalue weighted by Gasteiger charge is -2.36. The molecule has 0 aliphatic heterocycles. The third-order valence-corrected chi connectivity index (χ3v) is 5.59. The van der Waals surface area contributed by atoms with Crippen LogP contribution >= 0.6 is 0 Å². The Morgan fingerprint density at radius 2 is 1.92 bits per heavy atom. The van der Waals surface area contributed by atoms with Crippen LogP contribution in [-0.2, 0) is 0 Å². The Morgan fingerprint density at radius 3 is 2.69 bits per heavy atom. The average molecular weight is 348 g/mol. The van der Waals surface area contributed by atoms with Gasteiger partial charge in [0.15, 0.2) is 5.65 Å². The van der Waals surface area contributed by atoms with Crippen LogP contribution in [0.1, 0.15) is 43.0 Å². The van der Waals surface area contributed by atoms with Gasteiger partial charge >= 0.3 is 0 Å². The van der Waals surface area contributed by atoms with Gasteiger partial charge in [0.05, 0.1) is 11.9 Å². The minimum absolute atomic E-state index is 0.0106. The van der Waals surface area contributed by atoms with E-state index in [0.29, 0.717) is 23.2 Å². The molecule has 4 rings (SSSR count). The number of nitrogens with zero attached hydrogens (tertiary/aromatic N) is 4. The first-order valence-corrected chi connectivity index (χ1v) is 9.32. The summed E-state index contributed by atoms with van der Waals surface area (Å²) in [6.45, 7) is 2.25. The van der Waals surface area contributed by atoms with Gasteiger partial charge in [0.25, 0.3) is 5.91 Å². The molecule has 1 aliphatic carbocycles. The Labute approximate surface area is 153 Å². The summed E-state index contributed by atoms with van der Waals surface area (Å²) in [6.07, 6.45) is 8.12. The first-order valence-electron chi connectivity index (χ1n) is 9.32. The van der Waals surface area contributed by atoms with E-state index in [1.165, 1.54) is 19.3 Å². The van der Waals surface area contributed by atoms with Crippen LogP contribution in [0, 0.1) is 5.92 Å². The lowest BCUT2D eigenvalue weighted by atomic mass is 9.85. The number of benzene rings is 1. The summed E-state index contributed by atoms with van der Waals surface area (Å²) in [7, 11) is 1.92. The van der Waals surface area contributed by atoms with Gasteiger partial charge in [-0.25, -0.2) is 9.50 Å². The van der Waals surface area contributed by atoms with Crippen LogP contribution in [0.15, 0.2) is 48.8 Å². The number of fused-ring (bicyclic) bond motifs is 1. The molecule has 0 saturated heterocycles. The second-order valence-corrected chi connectivity index (χ2v) is 7.23. The van der Waals surface area contributed by atoms with Crippen molar-refractivity contribution in [3.05, 3.63) is 54.4 Å². The van der Waals surface area contributed by atoms with Gasteiger partial charge in [-0.15, -0.1) is 0 Å². The topological polar surface area (TPSA) is 50.5 Å². The molecule has 0 bridgehead atoms. The molecular weight excluding hydrogens is 324 g/mol. The molecule has 1 amide bonds. The summed E-state index contributed by atoms with van der Waals surface area (Å²) in [5.41, 5.74) is 3.18. The molecule has 2 unspecified atom stereocenters. The fourth-order valence-electron chi connectivity index (χ4n) is 4.08. The van der Waals surface area contributed by atoms with Gasteiger partial charge in [-0.2, -0.15) is 5.10 Å². The molecular formula is C21H24N4O. The van der Waals surface area contributed by atoms with Gasteiger partial charge in [-0.3, -0.25) is 4.79 Å². The molecule has 2 atom stereocenters. The molecule has 2 heterocycles. The monoisotopic (exact) mass is 348 g/mol. The lowest BCUT2D eigenvalue weighted by molar-refractivity contribution is 0.0630. The maximum absolute atomic E-state index is 13.1. The summed E-state index contributed by atoms with van der Waals surface area (Å²) >= 11 is 0. The van der Waals surface area contributed by atoms with Gasteiger partial charge in [0.2, 0.25) is 0 Å². The Morgan fingerprint density at radius 1 is 1.15 bits per heavy atom. The van der Waals surface area contributed by atoms with Crippen LogP contribution in [0.5, 0.6) is 0 Å². The van der Waals surface area contributed by atoms with Crippen molar-refractivity contribution < 1.29 is 4.79 Å². The Balaban J connectivity index is 1.70. The maximum atomic E-state index is 13.1. The van der Waals surface area contributed by atoms with Crippen molar-refractivity contribution in [2.75, 3.05) is 7.05 Å². The SMILES string of the molecule is CC1CCCCC1N(C)C(=O)c1cnn2c(-c3ccccc3)ccnc12. The van der Waals surface area contributed by atoms with Crippen molar-refractivity contribution in [2.45, 2.75) is 38.6 Å². The first kappa shape index (κ1) is 16.8. The van der Waals surface area contributed by atoms with Crippen LogP contribution < -0.4 is 0 Å². The molecule has 0 N–H and O–H groups in total. The van der Waals surface area contributed by atoms with Crippen LogP contribution in [0.25, 0.3) is 16.9 Å². The number of amides is 1. The third kappa shape index (κ3) is 2.87. The quantitative estimate of drug-likeness (QED) is 0.717. The van der Waals surface area contributed by atoms with Crippen molar-refractivity contribution in [3.63, 3.8) is 0 Å². The van der Waals surface area contributed by atoms with Crippen LogP contribution in [0.3, 0.4) is 0 Å². The minimum Gasteiger partial charge on any atom is -0.338 e. The van der Waals surface area contributed by atoms with Gasteiger partial charge < -0.3 is 4.90 Å². The fraction of sp³-hybridized carbons (Fsp3) is 0.381. The average Bonchev–Trinajstić information content (AvgIpc) is 3.12. The smallest absolute Gasteiger partial charge is 0.259 e. The summed E-state index contributed by atoms with van der Waals surface area (Å²) in [4.78, 5) is 19.5. The maximum Gasteiger partial charge on any atom is 0.259 e. The van der Waals surface area contributed by atoms with E-state index in [9.17, 15) is 4.79 Å². The molecule has 1 saturated carbocycles. The van der Waals surface area contributed by atoms with E-state index >= 15 is 0 Å². The molecule has 26 heavy (non-hydrogen) atoms. The summed E-state index contributed by atoms with van der Waals surface area (Å²) in [6, 6.07) is 12.3. The summed E-state index contributed by atoms with van der Waals surface area (Å²) < 4.78 is 1.76. The lowest BCUT2D eigenvalue weighted by Crippen LogP contribution is -2.42. The highest BCUT2D eigenvalue weighted by Crippen LogP contribution is 2.29. The van der Waals surface area contributed by atoms with E-state index in [1.807, 2.05) is 48.3 Å². The zero-order valence-corrected chi connectivity index (χ0v) is 15.3. The number of hydrogen-bond acceptors (Lipinski definition) is 3. The Kier molecular flexibility index (Phi) is 4.45. The first-order chi connectivity index (χ1) is 12.7. The molecule has 1 aromatic carbocycles. The Hall–Kier alpha value is -2.69. The van der Waals surface area contributed by atoms with Crippen molar-refractivity contribution in [1.82, 2.24) is 19.5 Å². The van der Waals surface area contributed by atoms with E-state index in [-0.39, 0.29) is 5.91 Å². The molecule has 5 heteroatoms. The number of hydrogen-bond donors (Lipinski definition) is 0. The van der Waals surface area contributed by atoms with Crippen LogP contribution in [0.2, 0.25) is 0 Å². The standard InChI is InChI=1S/C21H24N4O/c1-15-8-6-7-11-18(15)24(2)21(26)17-14-23-25-19(12-13-22-20(17)25)16-9-4-3-5-10-16/h3-5,9-10,12-15,18H,6-8,11H2,1-2H3. The highest BCUT2D eigenvalue weighted by molar-refractivity contribution is 6.00. The number of aromatic nitrogens is 3. The molecule has 1 fully saturated rings. The van der Waals surface area contributed by atoms with Crippen molar-refractivity contribution in [1.29, 1.82) is 0 Å². The van der Waals surface area contributed by atoms with Gasteiger partial charge in [-0.05, 0) is 24.8 Å². The van der Waals surface area contributed by atoms with E-state index in [0.717, 1.165) is 17.7 Å². The Bertz CT molecular complexity index is 918. The molecule has 134 valence electrons.